The van der Waals surface area contributed by atoms with Crippen molar-refractivity contribution in [2.75, 3.05) is 0 Å². The van der Waals surface area contributed by atoms with Gasteiger partial charge in [0.1, 0.15) is 11.5 Å². The maximum atomic E-state index is 12.3. The molecule has 0 amide bonds. The number of alkyl halides is 3. The Morgan fingerprint density at radius 1 is 1.28 bits per heavy atom. The van der Waals surface area contributed by atoms with E-state index in [1.807, 2.05) is 13.8 Å². The maximum absolute atomic E-state index is 12.3. The van der Waals surface area contributed by atoms with Crippen molar-refractivity contribution in [1.29, 1.82) is 0 Å². The van der Waals surface area contributed by atoms with Crippen LogP contribution in [0.15, 0.2) is 18.3 Å². The predicted octanol–water partition coefficient (Wildman–Crippen LogP) is 3.65. The van der Waals surface area contributed by atoms with Crippen LogP contribution < -0.4 is 0 Å². The van der Waals surface area contributed by atoms with Gasteiger partial charge in [-0.1, -0.05) is 19.9 Å². The van der Waals surface area contributed by atoms with Crippen molar-refractivity contribution in [3.63, 3.8) is 0 Å². The molecular weight excluding hydrogens is 243 g/mol. The Hall–Kier alpha value is -1.39. The van der Waals surface area contributed by atoms with E-state index in [4.69, 9.17) is 0 Å². The standard InChI is InChI=1S/C13H16F3NO/c1-3-10(4-2)11(18)7-9-5-6-12(17-8-9)13(14,15)16/h5-6,8,10H,3-4,7H2,1-2H3. The van der Waals surface area contributed by atoms with Crippen molar-refractivity contribution in [2.24, 2.45) is 5.92 Å². The predicted molar refractivity (Wildman–Crippen MR) is 62.0 cm³/mol. The zero-order chi connectivity index (χ0) is 13.8. The molecule has 0 radical (unpaired) electrons. The highest BCUT2D eigenvalue weighted by Crippen LogP contribution is 2.27. The first-order valence-corrected chi connectivity index (χ1v) is 5.93. The minimum Gasteiger partial charge on any atom is -0.299 e. The number of ketones is 1. The van der Waals surface area contributed by atoms with E-state index in [9.17, 15) is 18.0 Å². The quantitative estimate of drug-likeness (QED) is 0.808. The fraction of sp³-hybridized carbons (Fsp3) is 0.538. The first-order valence-electron chi connectivity index (χ1n) is 5.93. The van der Waals surface area contributed by atoms with E-state index in [-0.39, 0.29) is 18.1 Å². The minimum atomic E-state index is -4.43. The van der Waals surface area contributed by atoms with Gasteiger partial charge in [-0.2, -0.15) is 13.2 Å². The molecule has 0 bridgehead atoms. The van der Waals surface area contributed by atoms with E-state index in [1.165, 1.54) is 6.07 Å². The van der Waals surface area contributed by atoms with Crippen molar-refractivity contribution in [1.82, 2.24) is 4.98 Å². The molecule has 0 aliphatic carbocycles. The minimum absolute atomic E-state index is 0.0210. The van der Waals surface area contributed by atoms with Gasteiger partial charge in [0.2, 0.25) is 0 Å². The van der Waals surface area contributed by atoms with Crippen LogP contribution in [0.3, 0.4) is 0 Å². The SMILES string of the molecule is CCC(CC)C(=O)Cc1ccc(C(F)(F)F)nc1. The lowest BCUT2D eigenvalue weighted by Gasteiger charge is -2.11. The van der Waals surface area contributed by atoms with E-state index >= 15 is 0 Å². The van der Waals surface area contributed by atoms with Crippen LogP contribution in [-0.4, -0.2) is 10.8 Å². The third kappa shape index (κ3) is 3.82. The molecule has 0 atom stereocenters. The number of hydrogen-bond acceptors (Lipinski definition) is 2. The summed E-state index contributed by atoms with van der Waals surface area (Å²) in [4.78, 5) is 15.1. The summed E-state index contributed by atoms with van der Waals surface area (Å²) in [6, 6.07) is 2.23. The molecule has 0 aromatic carbocycles. The molecule has 0 spiro atoms. The Balaban J connectivity index is 2.72. The molecule has 18 heavy (non-hydrogen) atoms. The molecule has 0 unspecified atom stereocenters. The van der Waals surface area contributed by atoms with Crippen molar-refractivity contribution in [3.8, 4) is 0 Å². The molecule has 0 aliphatic rings. The molecule has 0 saturated heterocycles. The molecule has 0 aliphatic heterocycles. The van der Waals surface area contributed by atoms with Gasteiger partial charge in [-0.05, 0) is 24.5 Å². The Morgan fingerprint density at radius 2 is 1.89 bits per heavy atom. The normalized spacial score (nSPS) is 11.9. The molecule has 0 fully saturated rings. The summed E-state index contributed by atoms with van der Waals surface area (Å²) < 4.78 is 36.9. The molecule has 100 valence electrons. The molecule has 1 aromatic heterocycles. The van der Waals surface area contributed by atoms with Crippen molar-refractivity contribution in [3.05, 3.63) is 29.6 Å². The number of pyridine rings is 1. The topological polar surface area (TPSA) is 30.0 Å². The fourth-order valence-electron chi connectivity index (χ4n) is 1.79. The molecule has 0 saturated carbocycles. The van der Waals surface area contributed by atoms with Gasteiger partial charge in [0, 0.05) is 18.5 Å². The first-order chi connectivity index (χ1) is 8.38. The lowest BCUT2D eigenvalue weighted by Crippen LogP contribution is -2.16. The second kappa shape index (κ2) is 5.98. The van der Waals surface area contributed by atoms with E-state index in [0.29, 0.717) is 5.56 Å². The third-order valence-corrected chi connectivity index (χ3v) is 2.93. The zero-order valence-corrected chi connectivity index (χ0v) is 10.4. The van der Waals surface area contributed by atoms with Gasteiger partial charge in [-0.25, -0.2) is 0 Å². The number of hydrogen-bond donors (Lipinski definition) is 0. The van der Waals surface area contributed by atoms with Crippen LogP contribution in [0.1, 0.15) is 37.9 Å². The average molecular weight is 259 g/mol. The number of carbonyl (C=O) groups excluding carboxylic acids is 1. The van der Waals surface area contributed by atoms with Gasteiger partial charge < -0.3 is 0 Å². The Morgan fingerprint density at radius 3 is 2.28 bits per heavy atom. The number of carbonyl (C=O) groups is 1. The highest BCUT2D eigenvalue weighted by molar-refractivity contribution is 5.83. The summed E-state index contributed by atoms with van der Waals surface area (Å²) in [5.74, 6) is 0.0360. The highest BCUT2D eigenvalue weighted by atomic mass is 19.4. The molecule has 1 aromatic rings. The third-order valence-electron chi connectivity index (χ3n) is 2.93. The fourth-order valence-corrected chi connectivity index (χ4v) is 1.79. The highest BCUT2D eigenvalue weighted by Gasteiger charge is 2.32. The summed E-state index contributed by atoms with van der Waals surface area (Å²) in [5.41, 5.74) is -0.402. The monoisotopic (exact) mass is 259 g/mol. The van der Waals surface area contributed by atoms with Crippen molar-refractivity contribution < 1.29 is 18.0 Å². The lowest BCUT2D eigenvalue weighted by molar-refractivity contribution is -0.141. The van der Waals surface area contributed by atoms with Crippen LogP contribution in [0.25, 0.3) is 0 Å². The van der Waals surface area contributed by atoms with E-state index in [0.717, 1.165) is 25.1 Å². The maximum Gasteiger partial charge on any atom is 0.433 e. The number of aromatic nitrogens is 1. The van der Waals surface area contributed by atoms with E-state index in [2.05, 4.69) is 4.98 Å². The number of Topliss-reactive ketones (excluding diaryl/α,β-unsaturated/α-hetero) is 1. The Kier molecular flexibility index (Phi) is 4.87. The number of halogens is 3. The summed E-state index contributed by atoms with van der Waals surface area (Å²) in [6.45, 7) is 3.86. The van der Waals surface area contributed by atoms with Crippen LogP contribution in [0.4, 0.5) is 13.2 Å². The van der Waals surface area contributed by atoms with Gasteiger partial charge in [0.15, 0.2) is 0 Å². The summed E-state index contributed by atoms with van der Waals surface area (Å²) in [6.07, 6.45) is -1.65. The Bertz CT molecular complexity index is 394. The summed E-state index contributed by atoms with van der Waals surface area (Å²) >= 11 is 0. The average Bonchev–Trinajstić information content (AvgIpc) is 2.30. The number of nitrogens with zero attached hydrogens (tertiary/aromatic N) is 1. The largest absolute Gasteiger partial charge is 0.433 e. The van der Waals surface area contributed by atoms with E-state index < -0.39 is 11.9 Å². The van der Waals surface area contributed by atoms with Crippen LogP contribution in [-0.2, 0) is 17.4 Å². The van der Waals surface area contributed by atoms with Crippen LogP contribution in [0.5, 0.6) is 0 Å². The van der Waals surface area contributed by atoms with E-state index in [1.54, 1.807) is 0 Å². The van der Waals surface area contributed by atoms with Gasteiger partial charge in [-0.3, -0.25) is 9.78 Å². The summed E-state index contributed by atoms with van der Waals surface area (Å²) in [7, 11) is 0. The first kappa shape index (κ1) is 14.7. The van der Waals surface area contributed by atoms with Crippen LogP contribution in [0, 0.1) is 5.92 Å². The van der Waals surface area contributed by atoms with Gasteiger partial charge >= 0.3 is 6.18 Å². The number of rotatable bonds is 5. The second-order valence-electron chi connectivity index (χ2n) is 4.21. The van der Waals surface area contributed by atoms with Crippen LogP contribution >= 0.6 is 0 Å². The van der Waals surface area contributed by atoms with Gasteiger partial charge in [-0.15, -0.1) is 0 Å². The molecule has 0 N–H and O–H groups in total. The van der Waals surface area contributed by atoms with Crippen molar-refractivity contribution in [2.45, 2.75) is 39.3 Å². The van der Waals surface area contributed by atoms with Crippen LogP contribution in [0.2, 0.25) is 0 Å². The molecule has 5 heteroatoms. The second-order valence-corrected chi connectivity index (χ2v) is 4.21. The molecule has 1 heterocycles. The van der Waals surface area contributed by atoms with Gasteiger partial charge in [0.25, 0.3) is 0 Å². The smallest absolute Gasteiger partial charge is 0.299 e. The Labute approximate surface area is 104 Å². The zero-order valence-electron chi connectivity index (χ0n) is 10.4. The lowest BCUT2D eigenvalue weighted by atomic mass is 9.94. The summed E-state index contributed by atoms with van der Waals surface area (Å²) in [5, 5.41) is 0. The molecule has 1 rings (SSSR count). The molecule has 2 nitrogen and oxygen atoms in total. The molecular formula is C13H16F3NO. The van der Waals surface area contributed by atoms with Gasteiger partial charge in [0.05, 0.1) is 0 Å². The van der Waals surface area contributed by atoms with Crippen molar-refractivity contribution >= 4 is 5.78 Å².